The molecule has 1 heterocycles. The summed E-state index contributed by atoms with van der Waals surface area (Å²) in [6, 6.07) is 0.363. The van der Waals surface area contributed by atoms with Crippen molar-refractivity contribution in [3.05, 3.63) is 0 Å². The van der Waals surface area contributed by atoms with Gasteiger partial charge >= 0.3 is 0 Å². The maximum absolute atomic E-state index is 5.72. The highest BCUT2D eigenvalue weighted by atomic mass is 15.1. The van der Waals surface area contributed by atoms with Crippen LogP contribution >= 0.6 is 0 Å². The second-order valence-electron chi connectivity index (χ2n) is 4.31. The first-order valence-corrected chi connectivity index (χ1v) is 5.16. The first-order chi connectivity index (χ1) is 5.68. The summed E-state index contributed by atoms with van der Waals surface area (Å²) in [6.45, 7) is 8.21. The molecular weight excluding hydrogens is 148 g/mol. The fraction of sp³-hybridized carbons (Fsp3) is 1.00. The largest absolute Gasteiger partial charge is 0.328 e. The van der Waals surface area contributed by atoms with Crippen molar-refractivity contribution in [2.24, 2.45) is 11.7 Å². The lowest BCUT2D eigenvalue weighted by Gasteiger charge is -2.31. The summed E-state index contributed by atoms with van der Waals surface area (Å²) in [5, 5.41) is 0. The van der Waals surface area contributed by atoms with Crippen molar-refractivity contribution in [1.82, 2.24) is 4.90 Å². The number of piperidine rings is 1. The van der Waals surface area contributed by atoms with Gasteiger partial charge in [0.2, 0.25) is 0 Å². The van der Waals surface area contributed by atoms with Crippen LogP contribution in [0.2, 0.25) is 0 Å². The Bertz CT molecular complexity index is 123. The molecule has 0 aromatic heterocycles. The number of likely N-dealkylation sites (tertiary alicyclic amines) is 1. The third-order valence-electron chi connectivity index (χ3n) is 2.64. The minimum atomic E-state index is 0.363. The molecule has 2 heteroatoms. The van der Waals surface area contributed by atoms with E-state index in [9.17, 15) is 0 Å². The van der Waals surface area contributed by atoms with Crippen LogP contribution in [-0.2, 0) is 0 Å². The smallest absolute Gasteiger partial charge is 0.00226 e. The van der Waals surface area contributed by atoms with Crippen LogP contribution in [0, 0.1) is 5.92 Å². The number of rotatable bonds is 3. The SMILES string of the molecule is CC(N)CCN1CCCC(C)C1. The van der Waals surface area contributed by atoms with Crippen LogP contribution in [0.3, 0.4) is 0 Å². The molecule has 12 heavy (non-hydrogen) atoms. The summed E-state index contributed by atoms with van der Waals surface area (Å²) in [5.74, 6) is 0.895. The van der Waals surface area contributed by atoms with E-state index in [1.54, 1.807) is 0 Å². The molecule has 2 N–H and O–H groups in total. The molecule has 1 fully saturated rings. The van der Waals surface area contributed by atoms with Crippen LogP contribution in [0.5, 0.6) is 0 Å². The Morgan fingerprint density at radius 1 is 1.58 bits per heavy atom. The Hall–Kier alpha value is -0.0800. The van der Waals surface area contributed by atoms with Crippen molar-refractivity contribution < 1.29 is 0 Å². The normalized spacial score (nSPS) is 28.8. The average Bonchev–Trinajstić information content (AvgIpc) is 2.01. The Balaban J connectivity index is 2.14. The van der Waals surface area contributed by atoms with Crippen LogP contribution < -0.4 is 5.73 Å². The van der Waals surface area contributed by atoms with E-state index in [1.807, 2.05) is 0 Å². The summed E-state index contributed by atoms with van der Waals surface area (Å²) in [7, 11) is 0. The standard InChI is InChI=1S/C10H22N2/c1-9-4-3-6-12(8-9)7-5-10(2)11/h9-10H,3-8,11H2,1-2H3. The highest BCUT2D eigenvalue weighted by molar-refractivity contribution is 4.70. The Kier molecular flexibility index (Phi) is 4.02. The third kappa shape index (κ3) is 3.55. The summed E-state index contributed by atoms with van der Waals surface area (Å²) in [6.07, 6.45) is 3.93. The molecule has 0 aliphatic carbocycles. The fourth-order valence-electron chi connectivity index (χ4n) is 1.88. The molecule has 2 unspecified atom stereocenters. The van der Waals surface area contributed by atoms with Gasteiger partial charge < -0.3 is 10.6 Å². The van der Waals surface area contributed by atoms with Gasteiger partial charge in [0.25, 0.3) is 0 Å². The minimum Gasteiger partial charge on any atom is -0.328 e. The van der Waals surface area contributed by atoms with E-state index in [0.717, 1.165) is 12.3 Å². The van der Waals surface area contributed by atoms with Crippen molar-refractivity contribution in [2.45, 2.75) is 39.2 Å². The minimum absolute atomic E-state index is 0.363. The number of nitrogens with two attached hydrogens (primary N) is 1. The van der Waals surface area contributed by atoms with E-state index in [-0.39, 0.29) is 0 Å². The quantitative estimate of drug-likeness (QED) is 0.694. The van der Waals surface area contributed by atoms with Gasteiger partial charge in [0.05, 0.1) is 0 Å². The van der Waals surface area contributed by atoms with Gasteiger partial charge in [-0.2, -0.15) is 0 Å². The molecule has 0 aromatic carbocycles. The van der Waals surface area contributed by atoms with Gasteiger partial charge in [0, 0.05) is 12.6 Å². The predicted octanol–water partition coefficient (Wildman–Crippen LogP) is 1.46. The summed E-state index contributed by atoms with van der Waals surface area (Å²) >= 11 is 0. The van der Waals surface area contributed by atoms with E-state index in [0.29, 0.717) is 6.04 Å². The molecule has 1 saturated heterocycles. The van der Waals surface area contributed by atoms with Crippen LogP contribution in [0.15, 0.2) is 0 Å². The predicted molar refractivity (Wildman–Crippen MR) is 53.1 cm³/mol. The molecule has 0 amide bonds. The zero-order chi connectivity index (χ0) is 8.97. The lowest BCUT2D eigenvalue weighted by molar-refractivity contribution is 0.179. The Morgan fingerprint density at radius 3 is 2.92 bits per heavy atom. The van der Waals surface area contributed by atoms with Crippen molar-refractivity contribution in [1.29, 1.82) is 0 Å². The molecule has 2 nitrogen and oxygen atoms in total. The van der Waals surface area contributed by atoms with E-state index in [4.69, 9.17) is 5.73 Å². The van der Waals surface area contributed by atoms with Crippen LogP contribution in [0.25, 0.3) is 0 Å². The van der Waals surface area contributed by atoms with Gasteiger partial charge in [-0.15, -0.1) is 0 Å². The van der Waals surface area contributed by atoms with Gasteiger partial charge in [-0.25, -0.2) is 0 Å². The molecule has 0 radical (unpaired) electrons. The molecule has 0 aromatic rings. The monoisotopic (exact) mass is 170 g/mol. The van der Waals surface area contributed by atoms with E-state index < -0.39 is 0 Å². The molecule has 1 rings (SSSR count). The van der Waals surface area contributed by atoms with Gasteiger partial charge in [-0.05, 0) is 45.2 Å². The van der Waals surface area contributed by atoms with Gasteiger partial charge in [0.15, 0.2) is 0 Å². The number of hydrogen-bond acceptors (Lipinski definition) is 2. The Morgan fingerprint density at radius 2 is 2.33 bits per heavy atom. The molecule has 0 bridgehead atoms. The van der Waals surface area contributed by atoms with Gasteiger partial charge in [0.1, 0.15) is 0 Å². The van der Waals surface area contributed by atoms with Crippen LogP contribution in [-0.4, -0.2) is 30.6 Å². The number of nitrogens with zero attached hydrogens (tertiary/aromatic N) is 1. The Labute approximate surface area is 76.1 Å². The lowest BCUT2D eigenvalue weighted by atomic mass is 10.00. The van der Waals surface area contributed by atoms with E-state index in [2.05, 4.69) is 18.7 Å². The third-order valence-corrected chi connectivity index (χ3v) is 2.64. The highest BCUT2D eigenvalue weighted by Crippen LogP contribution is 2.15. The summed E-state index contributed by atoms with van der Waals surface area (Å²) in [4.78, 5) is 2.55. The second kappa shape index (κ2) is 4.83. The van der Waals surface area contributed by atoms with Crippen molar-refractivity contribution in [3.8, 4) is 0 Å². The maximum atomic E-state index is 5.72. The highest BCUT2D eigenvalue weighted by Gasteiger charge is 2.15. The average molecular weight is 170 g/mol. The van der Waals surface area contributed by atoms with Crippen molar-refractivity contribution in [3.63, 3.8) is 0 Å². The van der Waals surface area contributed by atoms with Crippen LogP contribution in [0.1, 0.15) is 33.1 Å². The molecule has 0 saturated carbocycles. The van der Waals surface area contributed by atoms with Crippen molar-refractivity contribution in [2.75, 3.05) is 19.6 Å². The lowest BCUT2D eigenvalue weighted by Crippen LogP contribution is -2.36. The second-order valence-corrected chi connectivity index (χ2v) is 4.31. The first kappa shape index (κ1) is 10.0. The first-order valence-electron chi connectivity index (χ1n) is 5.16. The number of hydrogen-bond donors (Lipinski definition) is 1. The van der Waals surface area contributed by atoms with Gasteiger partial charge in [-0.3, -0.25) is 0 Å². The van der Waals surface area contributed by atoms with Crippen molar-refractivity contribution >= 4 is 0 Å². The summed E-state index contributed by atoms with van der Waals surface area (Å²) in [5.41, 5.74) is 5.72. The zero-order valence-corrected chi connectivity index (χ0v) is 8.42. The van der Waals surface area contributed by atoms with Crippen LogP contribution in [0.4, 0.5) is 0 Å². The molecule has 0 spiro atoms. The zero-order valence-electron chi connectivity index (χ0n) is 8.42. The topological polar surface area (TPSA) is 29.3 Å². The molecule has 1 aliphatic rings. The molecule has 72 valence electrons. The fourth-order valence-corrected chi connectivity index (χ4v) is 1.88. The molecule has 1 aliphatic heterocycles. The maximum Gasteiger partial charge on any atom is 0.00226 e. The van der Waals surface area contributed by atoms with E-state index >= 15 is 0 Å². The van der Waals surface area contributed by atoms with Gasteiger partial charge in [-0.1, -0.05) is 6.92 Å². The van der Waals surface area contributed by atoms with E-state index in [1.165, 1.54) is 32.5 Å². The summed E-state index contributed by atoms with van der Waals surface area (Å²) < 4.78 is 0. The molecule has 2 atom stereocenters. The molecular formula is C10H22N2.